The largest absolute Gasteiger partial charge is 0.354 e. The Morgan fingerprint density at radius 2 is 1.92 bits per heavy atom. The minimum Gasteiger partial charge on any atom is -0.354 e. The summed E-state index contributed by atoms with van der Waals surface area (Å²) in [6.45, 7) is 2.05. The van der Waals surface area contributed by atoms with Gasteiger partial charge in [-0.1, -0.05) is 23.7 Å². The van der Waals surface area contributed by atoms with Crippen molar-refractivity contribution in [2.45, 2.75) is 6.92 Å². The number of nitrogens with zero attached hydrogens (tertiary/aromatic N) is 1. The molecule has 26 heavy (non-hydrogen) atoms. The molecule has 0 fully saturated rings. The van der Waals surface area contributed by atoms with Crippen LogP contribution in [-0.4, -0.2) is 4.98 Å². The van der Waals surface area contributed by atoms with Gasteiger partial charge >= 0.3 is 0 Å². The molecule has 130 valence electrons. The number of thiophene rings is 1. The van der Waals surface area contributed by atoms with E-state index in [1.807, 2.05) is 29.6 Å². The Balaban J connectivity index is 1.81. The summed E-state index contributed by atoms with van der Waals surface area (Å²) in [5, 5.41) is 13.0. The highest BCUT2D eigenvalue weighted by molar-refractivity contribution is 7.08. The number of hydrogen-bond acceptors (Lipinski definition) is 4. The monoisotopic (exact) mass is 383 g/mol. The Morgan fingerprint density at radius 3 is 2.73 bits per heavy atom. The number of aromatic nitrogens is 1. The van der Waals surface area contributed by atoms with Crippen LogP contribution in [0.15, 0.2) is 59.4 Å². The van der Waals surface area contributed by atoms with Gasteiger partial charge in [0, 0.05) is 38.7 Å². The quantitative estimate of drug-likeness (QED) is 0.403. The van der Waals surface area contributed by atoms with E-state index in [1.165, 1.54) is 12.1 Å². The molecule has 2 aromatic heterocycles. The van der Waals surface area contributed by atoms with Crippen molar-refractivity contribution in [2.75, 3.05) is 10.6 Å². The third-order valence-corrected chi connectivity index (χ3v) is 5.04. The first-order chi connectivity index (χ1) is 12.6. The van der Waals surface area contributed by atoms with Crippen LogP contribution < -0.4 is 10.6 Å². The maximum absolute atomic E-state index is 14.1. The molecule has 2 N–H and O–H groups in total. The van der Waals surface area contributed by atoms with Gasteiger partial charge in [0.25, 0.3) is 0 Å². The number of hydrogen-bond donors (Lipinski definition) is 2. The van der Waals surface area contributed by atoms with E-state index in [4.69, 9.17) is 11.6 Å². The molecule has 3 nitrogen and oxygen atoms in total. The third kappa shape index (κ3) is 3.23. The molecule has 0 aliphatic heterocycles. The Bertz CT molecular complexity index is 1080. The van der Waals surface area contributed by atoms with Crippen LogP contribution in [0.3, 0.4) is 0 Å². The molecule has 0 spiro atoms. The summed E-state index contributed by atoms with van der Waals surface area (Å²) in [7, 11) is 0. The number of halogens is 2. The number of aryl methyl sites for hydroxylation is 1. The normalized spacial score (nSPS) is 10.9. The summed E-state index contributed by atoms with van der Waals surface area (Å²) < 4.78 is 14.1. The molecule has 0 aliphatic carbocycles. The molecule has 0 saturated carbocycles. The number of nitrogens with one attached hydrogen (secondary N) is 2. The van der Waals surface area contributed by atoms with E-state index in [0.29, 0.717) is 16.5 Å². The molecule has 2 aromatic carbocycles. The summed E-state index contributed by atoms with van der Waals surface area (Å²) in [6.07, 6.45) is 1.71. The van der Waals surface area contributed by atoms with Crippen molar-refractivity contribution < 1.29 is 4.39 Å². The zero-order chi connectivity index (χ0) is 18.1. The highest BCUT2D eigenvalue weighted by atomic mass is 35.5. The van der Waals surface area contributed by atoms with E-state index < -0.39 is 0 Å². The third-order valence-electron chi connectivity index (χ3n) is 4.13. The molecule has 2 heterocycles. The highest BCUT2D eigenvalue weighted by Crippen LogP contribution is 2.34. The van der Waals surface area contributed by atoms with Gasteiger partial charge in [0.15, 0.2) is 0 Å². The van der Waals surface area contributed by atoms with Gasteiger partial charge in [-0.2, -0.15) is 11.3 Å². The lowest BCUT2D eigenvalue weighted by Crippen LogP contribution is -1.99. The smallest absolute Gasteiger partial charge is 0.146 e. The lowest BCUT2D eigenvalue weighted by atomic mass is 10.1. The fraction of sp³-hybridized carbons (Fsp3) is 0.0500. The molecule has 4 rings (SSSR count). The summed E-state index contributed by atoms with van der Waals surface area (Å²) >= 11 is 7.63. The average Bonchev–Trinajstić information content (AvgIpc) is 3.14. The van der Waals surface area contributed by atoms with Gasteiger partial charge in [0.05, 0.1) is 5.69 Å². The van der Waals surface area contributed by atoms with Crippen LogP contribution in [0.4, 0.5) is 27.3 Å². The Labute approximate surface area is 159 Å². The molecule has 6 heteroatoms. The molecule has 0 atom stereocenters. The highest BCUT2D eigenvalue weighted by Gasteiger charge is 2.11. The lowest BCUT2D eigenvalue weighted by molar-refractivity contribution is 0.632. The fourth-order valence-corrected chi connectivity index (χ4v) is 3.59. The van der Waals surface area contributed by atoms with E-state index in [-0.39, 0.29) is 5.82 Å². The number of benzene rings is 2. The second-order valence-corrected chi connectivity index (χ2v) is 7.11. The predicted octanol–water partition coefficient (Wildman–Crippen LogP) is 6.88. The van der Waals surface area contributed by atoms with Crippen LogP contribution in [0.2, 0.25) is 5.02 Å². The Hall–Kier alpha value is -2.63. The predicted molar refractivity (Wildman–Crippen MR) is 109 cm³/mol. The number of rotatable bonds is 4. The molecule has 4 aromatic rings. The maximum Gasteiger partial charge on any atom is 0.146 e. The molecule has 0 amide bonds. The summed E-state index contributed by atoms with van der Waals surface area (Å²) in [5.74, 6) is 0.203. The molecule has 0 aliphatic rings. The van der Waals surface area contributed by atoms with E-state index >= 15 is 0 Å². The van der Waals surface area contributed by atoms with Gasteiger partial charge in [-0.3, -0.25) is 0 Å². The van der Waals surface area contributed by atoms with Crippen LogP contribution in [-0.2, 0) is 0 Å². The van der Waals surface area contributed by atoms with Crippen LogP contribution in [0, 0.1) is 12.7 Å². The summed E-state index contributed by atoms with van der Waals surface area (Å²) in [5.41, 5.74) is 3.47. The van der Waals surface area contributed by atoms with Crippen molar-refractivity contribution in [3.63, 3.8) is 0 Å². The first kappa shape index (κ1) is 16.8. The number of pyridine rings is 1. The minimum absolute atomic E-state index is 0.297. The second kappa shape index (κ2) is 6.94. The van der Waals surface area contributed by atoms with Gasteiger partial charge in [-0.15, -0.1) is 0 Å². The van der Waals surface area contributed by atoms with Crippen molar-refractivity contribution in [2.24, 2.45) is 0 Å². The van der Waals surface area contributed by atoms with Crippen LogP contribution >= 0.6 is 22.9 Å². The van der Waals surface area contributed by atoms with E-state index in [1.54, 1.807) is 23.6 Å². The van der Waals surface area contributed by atoms with Crippen molar-refractivity contribution in [3.8, 4) is 0 Å². The Kier molecular flexibility index (Phi) is 4.49. The second-order valence-electron chi connectivity index (χ2n) is 5.90. The molecule has 0 saturated heterocycles. The van der Waals surface area contributed by atoms with Crippen LogP contribution in [0.5, 0.6) is 0 Å². The van der Waals surface area contributed by atoms with Crippen molar-refractivity contribution in [3.05, 3.63) is 75.8 Å². The van der Waals surface area contributed by atoms with Gasteiger partial charge in [0.2, 0.25) is 0 Å². The van der Waals surface area contributed by atoms with E-state index in [9.17, 15) is 4.39 Å². The van der Waals surface area contributed by atoms with Crippen molar-refractivity contribution >= 4 is 56.6 Å². The summed E-state index contributed by atoms with van der Waals surface area (Å²) in [4.78, 5) is 4.39. The first-order valence-electron chi connectivity index (χ1n) is 8.01. The lowest BCUT2D eigenvalue weighted by Gasteiger charge is -2.15. The van der Waals surface area contributed by atoms with Crippen LogP contribution in [0.25, 0.3) is 10.8 Å². The minimum atomic E-state index is -0.378. The van der Waals surface area contributed by atoms with Crippen molar-refractivity contribution in [1.82, 2.24) is 4.98 Å². The van der Waals surface area contributed by atoms with Gasteiger partial charge in [-0.25, -0.2) is 9.37 Å². The first-order valence-corrected chi connectivity index (χ1v) is 9.33. The topological polar surface area (TPSA) is 37.0 Å². The van der Waals surface area contributed by atoms with Gasteiger partial charge in [0.1, 0.15) is 11.6 Å². The average molecular weight is 384 g/mol. The van der Waals surface area contributed by atoms with E-state index in [0.717, 1.165) is 27.7 Å². The van der Waals surface area contributed by atoms with Crippen molar-refractivity contribution in [1.29, 1.82) is 0 Å². The zero-order valence-corrected chi connectivity index (χ0v) is 15.5. The molecule has 0 radical (unpaired) electrons. The Morgan fingerprint density at radius 1 is 1.04 bits per heavy atom. The molecular formula is C20H15ClFN3S. The van der Waals surface area contributed by atoms with Crippen LogP contribution in [0.1, 0.15) is 5.56 Å². The summed E-state index contributed by atoms with van der Waals surface area (Å²) in [6, 6.07) is 12.4. The number of fused-ring (bicyclic) bond motifs is 1. The zero-order valence-electron chi connectivity index (χ0n) is 13.9. The maximum atomic E-state index is 14.1. The van der Waals surface area contributed by atoms with Gasteiger partial charge in [-0.05, 0) is 48.2 Å². The number of anilines is 4. The van der Waals surface area contributed by atoms with E-state index in [2.05, 4.69) is 27.9 Å². The SMILES string of the molecule is Cc1ccc2c(Nc3cc(Cl)ccc3F)nccc2c1Nc1ccsc1. The standard InChI is InChI=1S/C20H15ClFN3S/c1-12-2-4-16-15(19(12)24-14-7-9-26-11-14)6-8-23-20(16)25-18-10-13(21)3-5-17(18)22/h2-11,24H,1H3,(H,23,25). The fourth-order valence-electron chi connectivity index (χ4n) is 2.83. The van der Waals surface area contributed by atoms with Gasteiger partial charge < -0.3 is 10.6 Å². The molecular weight excluding hydrogens is 369 g/mol. The molecule has 0 unspecified atom stereocenters. The molecule has 0 bridgehead atoms.